The van der Waals surface area contributed by atoms with Gasteiger partial charge in [0.05, 0.1) is 16.8 Å². The van der Waals surface area contributed by atoms with Gasteiger partial charge in [-0.05, 0) is 31.9 Å². The zero-order valence-electron chi connectivity index (χ0n) is 13.4. The number of hydrogen-bond acceptors (Lipinski definition) is 4. The van der Waals surface area contributed by atoms with Gasteiger partial charge in [0.1, 0.15) is 0 Å². The predicted molar refractivity (Wildman–Crippen MR) is 94.4 cm³/mol. The van der Waals surface area contributed by atoms with Gasteiger partial charge in [0.25, 0.3) is 0 Å². The van der Waals surface area contributed by atoms with Gasteiger partial charge in [-0.1, -0.05) is 30.3 Å². The largest absolute Gasteiger partial charge is 0.393 e. The number of carbonyl (C=O) groups excluding carboxylic acids is 1. The number of carbonyl (C=O) groups is 1. The normalized spacial score (nSPS) is 13.9. The summed E-state index contributed by atoms with van der Waals surface area (Å²) < 4.78 is 0. The Bertz CT molecular complexity index is 650. The van der Waals surface area contributed by atoms with Crippen LogP contribution < -0.4 is 5.32 Å². The third-order valence-electron chi connectivity index (χ3n) is 3.46. The summed E-state index contributed by atoms with van der Waals surface area (Å²) in [6.07, 6.45) is 3.41. The second kappa shape index (κ2) is 8.60. The minimum Gasteiger partial charge on any atom is -0.393 e. The van der Waals surface area contributed by atoms with Gasteiger partial charge >= 0.3 is 0 Å². The summed E-state index contributed by atoms with van der Waals surface area (Å²) in [6, 6.07) is 9.94. The Morgan fingerprint density at radius 1 is 1.39 bits per heavy atom. The van der Waals surface area contributed by atoms with Crippen LogP contribution in [0.15, 0.2) is 41.8 Å². The number of aliphatic hydroxyl groups is 1. The summed E-state index contributed by atoms with van der Waals surface area (Å²) in [5, 5.41) is 15.5. The molecule has 0 fully saturated rings. The van der Waals surface area contributed by atoms with Crippen molar-refractivity contribution in [2.45, 2.75) is 32.3 Å². The molecule has 0 saturated carbocycles. The molecule has 1 heterocycles. The van der Waals surface area contributed by atoms with Gasteiger partial charge in [-0.3, -0.25) is 4.79 Å². The van der Waals surface area contributed by atoms with E-state index in [1.54, 1.807) is 24.3 Å². The first kappa shape index (κ1) is 17.4. The molecule has 1 aromatic heterocycles. The van der Waals surface area contributed by atoms with Gasteiger partial charge in [-0.2, -0.15) is 0 Å². The Hall–Kier alpha value is -1.98. The molecular formula is C18H22N2O2S. The SMILES string of the molecule is Cc1nc(/C=C/C(=O)NCC(CC(C)O)c2ccccc2)cs1. The molecule has 5 heteroatoms. The van der Waals surface area contributed by atoms with E-state index in [9.17, 15) is 9.90 Å². The van der Waals surface area contributed by atoms with Crippen LogP contribution in [0.3, 0.4) is 0 Å². The zero-order chi connectivity index (χ0) is 16.7. The van der Waals surface area contributed by atoms with E-state index < -0.39 is 6.10 Å². The smallest absolute Gasteiger partial charge is 0.244 e. The van der Waals surface area contributed by atoms with Crippen LogP contribution in [0.5, 0.6) is 0 Å². The molecular weight excluding hydrogens is 308 g/mol. The summed E-state index contributed by atoms with van der Waals surface area (Å²) in [5.41, 5.74) is 1.92. The topological polar surface area (TPSA) is 62.2 Å². The van der Waals surface area contributed by atoms with Gasteiger partial charge in [0, 0.05) is 23.9 Å². The van der Waals surface area contributed by atoms with Crippen LogP contribution in [0.1, 0.15) is 35.5 Å². The van der Waals surface area contributed by atoms with Crippen molar-refractivity contribution in [3.8, 4) is 0 Å². The monoisotopic (exact) mass is 330 g/mol. The Kier molecular flexibility index (Phi) is 6.50. The fourth-order valence-electron chi connectivity index (χ4n) is 2.37. The highest BCUT2D eigenvalue weighted by Crippen LogP contribution is 2.20. The summed E-state index contributed by atoms with van der Waals surface area (Å²) in [6.45, 7) is 4.19. The lowest BCUT2D eigenvalue weighted by Gasteiger charge is -2.19. The first-order chi connectivity index (χ1) is 11.0. The van der Waals surface area contributed by atoms with Crippen molar-refractivity contribution in [1.29, 1.82) is 0 Å². The number of benzene rings is 1. The Labute approximate surface area is 140 Å². The van der Waals surface area contributed by atoms with Crippen LogP contribution >= 0.6 is 11.3 Å². The molecule has 122 valence electrons. The maximum atomic E-state index is 12.0. The Morgan fingerprint density at radius 2 is 2.13 bits per heavy atom. The van der Waals surface area contributed by atoms with E-state index in [0.717, 1.165) is 16.3 Å². The number of hydrogen-bond donors (Lipinski definition) is 2. The molecule has 0 aliphatic heterocycles. The molecule has 0 spiro atoms. The minimum atomic E-state index is -0.411. The number of rotatable bonds is 7. The number of aryl methyl sites for hydroxylation is 1. The minimum absolute atomic E-state index is 0.0927. The average molecular weight is 330 g/mol. The molecule has 2 atom stereocenters. The van der Waals surface area contributed by atoms with E-state index in [2.05, 4.69) is 10.3 Å². The molecule has 1 aromatic carbocycles. The van der Waals surface area contributed by atoms with Crippen LogP contribution in [-0.2, 0) is 4.79 Å². The first-order valence-electron chi connectivity index (χ1n) is 7.65. The van der Waals surface area contributed by atoms with Crippen LogP contribution in [0, 0.1) is 6.92 Å². The Morgan fingerprint density at radius 3 is 2.74 bits per heavy atom. The quantitative estimate of drug-likeness (QED) is 0.767. The van der Waals surface area contributed by atoms with Gasteiger partial charge < -0.3 is 10.4 Å². The standard InChI is InChI=1S/C18H22N2O2S/c1-13(21)10-16(15-6-4-3-5-7-15)11-19-18(22)9-8-17-12-23-14(2)20-17/h3-9,12-13,16,21H,10-11H2,1-2H3,(H,19,22)/b9-8+. The van der Waals surface area contributed by atoms with E-state index in [0.29, 0.717) is 13.0 Å². The number of amides is 1. The molecule has 1 amide bonds. The molecule has 2 N–H and O–H groups in total. The maximum absolute atomic E-state index is 12.0. The van der Waals surface area contributed by atoms with E-state index in [-0.39, 0.29) is 11.8 Å². The highest BCUT2D eigenvalue weighted by Gasteiger charge is 2.14. The number of nitrogens with zero attached hydrogens (tertiary/aromatic N) is 1. The molecule has 2 rings (SSSR count). The van der Waals surface area contributed by atoms with Gasteiger partial charge in [-0.15, -0.1) is 11.3 Å². The maximum Gasteiger partial charge on any atom is 0.244 e. The third-order valence-corrected chi connectivity index (χ3v) is 4.25. The molecule has 0 aliphatic rings. The number of aromatic nitrogens is 1. The third kappa shape index (κ3) is 5.96. The zero-order valence-corrected chi connectivity index (χ0v) is 14.2. The van der Waals surface area contributed by atoms with Crippen molar-refractivity contribution in [2.24, 2.45) is 0 Å². The van der Waals surface area contributed by atoms with E-state index >= 15 is 0 Å². The van der Waals surface area contributed by atoms with Crippen molar-refractivity contribution in [3.05, 3.63) is 58.1 Å². The molecule has 0 aliphatic carbocycles. The lowest BCUT2D eigenvalue weighted by molar-refractivity contribution is -0.116. The summed E-state index contributed by atoms with van der Waals surface area (Å²) >= 11 is 1.56. The molecule has 2 unspecified atom stereocenters. The second-order valence-electron chi connectivity index (χ2n) is 5.56. The van der Waals surface area contributed by atoms with Crippen LogP contribution in [-0.4, -0.2) is 28.6 Å². The van der Waals surface area contributed by atoms with Gasteiger partial charge in [0.15, 0.2) is 0 Å². The van der Waals surface area contributed by atoms with E-state index in [4.69, 9.17) is 0 Å². The fourth-order valence-corrected chi connectivity index (χ4v) is 2.96. The molecule has 4 nitrogen and oxygen atoms in total. The number of thiazole rings is 1. The van der Waals surface area contributed by atoms with Crippen molar-refractivity contribution < 1.29 is 9.90 Å². The highest BCUT2D eigenvalue weighted by molar-refractivity contribution is 7.09. The molecule has 0 radical (unpaired) electrons. The number of aliphatic hydroxyl groups excluding tert-OH is 1. The molecule has 0 bridgehead atoms. The summed E-state index contributed by atoms with van der Waals surface area (Å²) in [5.74, 6) is -0.0581. The average Bonchev–Trinajstić information content (AvgIpc) is 2.95. The lowest BCUT2D eigenvalue weighted by atomic mass is 9.93. The first-order valence-corrected chi connectivity index (χ1v) is 8.53. The molecule has 23 heavy (non-hydrogen) atoms. The number of nitrogens with one attached hydrogen (secondary N) is 1. The van der Waals surface area contributed by atoms with Gasteiger partial charge in [-0.25, -0.2) is 4.98 Å². The summed E-state index contributed by atoms with van der Waals surface area (Å²) in [7, 11) is 0. The highest BCUT2D eigenvalue weighted by atomic mass is 32.1. The van der Waals surface area contributed by atoms with E-state index in [1.165, 1.54) is 6.08 Å². The Balaban J connectivity index is 1.92. The van der Waals surface area contributed by atoms with Gasteiger partial charge in [0.2, 0.25) is 5.91 Å². The van der Waals surface area contributed by atoms with Crippen molar-refractivity contribution in [2.75, 3.05) is 6.54 Å². The van der Waals surface area contributed by atoms with Crippen molar-refractivity contribution in [3.63, 3.8) is 0 Å². The van der Waals surface area contributed by atoms with Crippen LogP contribution in [0.4, 0.5) is 0 Å². The molecule has 2 aromatic rings. The van der Waals surface area contributed by atoms with Crippen LogP contribution in [0.2, 0.25) is 0 Å². The summed E-state index contributed by atoms with van der Waals surface area (Å²) in [4.78, 5) is 16.2. The van der Waals surface area contributed by atoms with E-state index in [1.807, 2.05) is 42.6 Å². The fraction of sp³-hybridized carbons (Fsp3) is 0.333. The van der Waals surface area contributed by atoms with Crippen LogP contribution in [0.25, 0.3) is 6.08 Å². The predicted octanol–water partition coefficient (Wildman–Crippen LogP) is 3.14. The molecule has 0 saturated heterocycles. The lowest BCUT2D eigenvalue weighted by Crippen LogP contribution is -2.28. The van der Waals surface area contributed by atoms with Crippen molar-refractivity contribution >= 4 is 23.3 Å². The second-order valence-corrected chi connectivity index (χ2v) is 6.62. The van der Waals surface area contributed by atoms with Crippen molar-refractivity contribution in [1.82, 2.24) is 10.3 Å².